The van der Waals surface area contributed by atoms with E-state index in [1.54, 1.807) is 10.9 Å². The Bertz CT molecular complexity index is 768. The third-order valence-electron chi connectivity index (χ3n) is 4.03. The molecule has 1 fully saturated rings. The largest absolute Gasteiger partial charge is 0.307 e. The van der Waals surface area contributed by atoms with Crippen LogP contribution in [0, 0.1) is 12.3 Å². The second kappa shape index (κ2) is 6.00. The highest BCUT2D eigenvalue weighted by molar-refractivity contribution is 6.04. The summed E-state index contributed by atoms with van der Waals surface area (Å²) in [5, 5.41) is 7.45. The molecule has 0 aromatic carbocycles. The van der Waals surface area contributed by atoms with Crippen LogP contribution in [-0.4, -0.2) is 25.7 Å². The molecule has 1 N–H and O–H groups in total. The van der Waals surface area contributed by atoms with Crippen LogP contribution in [0.3, 0.4) is 0 Å². The van der Waals surface area contributed by atoms with Gasteiger partial charge in [-0.3, -0.25) is 9.48 Å². The molecule has 3 rings (SSSR count). The molecule has 2 aromatic heterocycles. The zero-order valence-corrected chi connectivity index (χ0v) is 15.1. The van der Waals surface area contributed by atoms with Crippen molar-refractivity contribution in [3.05, 3.63) is 35.0 Å². The summed E-state index contributed by atoms with van der Waals surface area (Å²) in [7, 11) is 1.84. The Labute approximate surface area is 142 Å². The van der Waals surface area contributed by atoms with Gasteiger partial charge in [0.25, 0.3) is 5.91 Å². The van der Waals surface area contributed by atoms with E-state index in [2.05, 4.69) is 41.2 Å². The van der Waals surface area contributed by atoms with Crippen LogP contribution in [0.15, 0.2) is 12.3 Å². The molecule has 2 aromatic rings. The maximum atomic E-state index is 12.7. The number of rotatable bonds is 4. The van der Waals surface area contributed by atoms with Gasteiger partial charge in [0, 0.05) is 25.2 Å². The molecule has 2 heterocycles. The molecule has 0 aliphatic heterocycles. The van der Waals surface area contributed by atoms with Crippen LogP contribution in [-0.2, 0) is 13.5 Å². The Morgan fingerprint density at radius 2 is 2.08 bits per heavy atom. The normalized spacial score (nSPS) is 14.7. The van der Waals surface area contributed by atoms with Crippen molar-refractivity contribution in [2.45, 2.75) is 52.9 Å². The molecule has 0 bridgehead atoms. The van der Waals surface area contributed by atoms with E-state index < -0.39 is 0 Å². The van der Waals surface area contributed by atoms with E-state index in [0.717, 1.165) is 30.7 Å². The fraction of sp³-hybridized carbons (Fsp3) is 0.556. The molecule has 0 spiro atoms. The van der Waals surface area contributed by atoms with E-state index >= 15 is 0 Å². The van der Waals surface area contributed by atoms with Crippen molar-refractivity contribution in [1.82, 2.24) is 19.7 Å². The van der Waals surface area contributed by atoms with Crippen LogP contribution < -0.4 is 5.32 Å². The molecule has 24 heavy (non-hydrogen) atoms. The summed E-state index contributed by atoms with van der Waals surface area (Å²) in [6.45, 7) is 8.37. The van der Waals surface area contributed by atoms with Gasteiger partial charge in [-0.05, 0) is 31.6 Å². The lowest BCUT2D eigenvalue weighted by atomic mass is 9.91. The van der Waals surface area contributed by atoms with Crippen molar-refractivity contribution in [3.8, 4) is 0 Å². The Kier molecular flexibility index (Phi) is 4.15. The van der Waals surface area contributed by atoms with Gasteiger partial charge in [-0.2, -0.15) is 5.10 Å². The fourth-order valence-corrected chi connectivity index (χ4v) is 2.79. The van der Waals surface area contributed by atoms with E-state index in [9.17, 15) is 4.79 Å². The summed E-state index contributed by atoms with van der Waals surface area (Å²) in [5.41, 5.74) is 2.57. The maximum Gasteiger partial charge on any atom is 0.260 e. The minimum Gasteiger partial charge on any atom is -0.307 e. The zero-order valence-electron chi connectivity index (χ0n) is 15.1. The van der Waals surface area contributed by atoms with Gasteiger partial charge in [-0.1, -0.05) is 20.8 Å². The van der Waals surface area contributed by atoms with E-state index in [4.69, 9.17) is 0 Å². The van der Waals surface area contributed by atoms with Gasteiger partial charge in [-0.15, -0.1) is 0 Å². The van der Waals surface area contributed by atoms with Gasteiger partial charge >= 0.3 is 0 Å². The average molecular weight is 327 g/mol. The van der Waals surface area contributed by atoms with Crippen molar-refractivity contribution in [2.24, 2.45) is 12.5 Å². The lowest BCUT2D eigenvalue weighted by Gasteiger charge is -2.15. The van der Waals surface area contributed by atoms with Crippen LogP contribution >= 0.6 is 0 Å². The van der Waals surface area contributed by atoms with Crippen LogP contribution in [0.25, 0.3) is 0 Å². The van der Waals surface area contributed by atoms with Gasteiger partial charge in [0.2, 0.25) is 0 Å². The van der Waals surface area contributed by atoms with E-state index in [-0.39, 0.29) is 11.3 Å². The smallest absolute Gasteiger partial charge is 0.260 e. The average Bonchev–Trinajstić information content (AvgIpc) is 3.24. The molecule has 0 atom stereocenters. The molecule has 0 unspecified atom stereocenters. The van der Waals surface area contributed by atoms with Crippen molar-refractivity contribution >= 4 is 11.7 Å². The number of nitrogens with one attached hydrogen (secondary N) is 1. The lowest BCUT2D eigenvalue weighted by molar-refractivity contribution is 0.102. The Hall–Kier alpha value is -2.24. The minimum absolute atomic E-state index is 0.152. The van der Waals surface area contributed by atoms with Crippen LogP contribution in [0.1, 0.15) is 67.1 Å². The third-order valence-corrected chi connectivity index (χ3v) is 4.03. The molecular formula is C18H25N5O. The summed E-state index contributed by atoms with van der Waals surface area (Å²) >= 11 is 0. The lowest BCUT2D eigenvalue weighted by Crippen LogP contribution is -2.18. The van der Waals surface area contributed by atoms with Crippen LogP contribution in [0.5, 0.6) is 0 Å². The number of hydrogen-bond donors (Lipinski definition) is 1. The first-order chi connectivity index (χ1) is 11.2. The number of carbonyl (C=O) groups excluding carboxylic acids is 1. The van der Waals surface area contributed by atoms with E-state index in [1.165, 1.54) is 0 Å². The predicted molar refractivity (Wildman–Crippen MR) is 93.1 cm³/mol. The van der Waals surface area contributed by atoms with Crippen molar-refractivity contribution in [1.29, 1.82) is 0 Å². The zero-order chi connectivity index (χ0) is 17.5. The Balaban J connectivity index is 1.81. The highest BCUT2D eigenvalue weighted by Crippen LogP contribution is 2.40. The number of hydrogen-bond acceptors (Lipinski definition) is 4. The third kappa shape index (κ3) is 3.80. The number of carbonyl (C=O) groups is 1. The first-order valence-electron chi connectivity index (χ1n) is 8.41. The molecule has 6 nitrogen and oxygen atoms in total. The van der Waals surface area contributed by atoms with Gasteiger partial charge < -0.3 is 5.32 Å². The van der Waals surface area contributed by atoms with Crippen molar-refractivity contribution in [3.63, 3.8) is 0 Å². The fourth-order valence-electron chi connectivity index (χ4n) is 2.79. The highest BCUT2D eigenvalue weighted by atomic mass is 16.1. The SMILES string of the molecule is Cc1ncc(C(=O)Nc2cc(CC(C)(C)C)nn2C)c(C2CC2)n1. The molecular weight excluding hydrogens is 302 g/mol. The highest BCUT2D eigenvalue weighted by Gasteiger charge is 2.30. The number of aryl methyl sites for hydroxylation is 2. The number of anilines is 1. The molecule has 1 amide bonds. The van der Waals surface area contributed by atoms with Gasteiger partial charge in [0.1, 0.15) is 11.6 Å². The Morgan fingerprint density at radius 3 is 2.71 bits per heavy atom. The standard InChI is InChI=1S/C18H25N5O/c1-11-19-10-14(16(20-11)12-6-7-12)17(24)21-15-8-13(22-23(15)5)9-18(2,3)4/h8,10,12H,6-7,9H2,1-5H3,(H,21,24). The summed E-state index contributed by atoms with van der Waals surface area (Å²) in [6, 6.07) is 1.94. The predicted octanol–water partition coefficient (Wildman–Crippen LogP) is 3.24. The first kappa shape index (κ1) is 16.6. The summed E-state index contributed by atoms with van der Waals surface area (Å²) in [5.74, 6) is 1.64. The topological polar surface area (TPSA) is 72.7 Å². The summed E-state index contributed by atoms with van der Waals surface area (Å²) in [6.07, 6.45) is 4.69. The molecule has 0 saturated heterocycles. The van der Waals surface area contributed by atoms with Crippen LogP contribution in [0.2, 0.25) is 0 Å². The van der Waals surface area contributed by atoms with Gasteiger partial charge in [-0.25, -0.2) is 9.97 Å². The quantitative estimate of drug-likeness (QED) is 0.935. The van der Waals surface area contributed by atoms with Gasteiger partial charge in [0.05, 0.1) is 17.0 Å². The maximum absolute atomic E-state index is 12.7. The number of amides is 1. The van der Waals surface area contributed by atoms with Crippen molar-refractivity contribution in [2.75, 3.05) is 5.32 Å². The Morgan fingerprint density at radius 1 is 1.38 bits per heavy atom. The summed E-state index contributed by atoms with van der Waals surface area (Å²) < 4.78 is 1.71. The molecule has 6 heteroatoms. The summed E-state index contributed by atoms with van der Waals surface area (Å²) in [4.78, 5) is 21.4. The minimum atomic E-state index is -0.165. The van der Waals surface area contributed by atoms with E-state index in [0.29, 0.717) is 23.1 Å². The molecule has 1 aliphatic carbocycles. The number of aromatic nitrogens is 4. The molecule has 1 saturated carbocycles. The van der Waals surface area contributed by atoms with Gasteiger partial charge in [0.15, 0.2) is 0 Å². The monoisotopic (exact) mass is 327 g/mol. The molecule has 1 aliphatic rings. The van der Waals surface area contributed by atoms with Crippen molar-refractivity contribution < 1.29 is 4.79 Å². The number of nitrogens with zero attached hydrogens (tertiary/aromatic N) is 4. The van der Waals surface area contributed by atoms with Crippen LogP contribution in [0.4, 0.5) is 5.82 Å². The second-order valence-electron chi connectivity index (χ2n) is 7.83. The van der Waals surface area contributed by atoms with E-state index in [1.807, 2.05) is 20.0 Å². The first-order valence-corrected chi connectivity index (χ1v) is 8.41. The molecule has 128 valence electrons. The molecule has 0 radical (unpaired) electrons. The second-order valence-corrected chi connectivity index (χ2v) is 7.83.